The average Bonchev–Trinajstić information content (AvgIpc) is 3.31. The van der Waals surface area contributed by atoms with E-state index in [1.54, 1.807) is 10.6 Å². The molecule has 0 bridgehead atoms. The molecule has 30 heavy (non-hydrogen) atoms. The Morgan fingerprint density at radius 2 is 1.90 bits per heavy atom. The first-order valence-corrected chi connectivity index (χ1v) is 10.9. The molecule has 1 amide bonds. The van der Waals surface area contributed by atoms with E-state index in [1.807, 2.05) is 18.5 Å². The summed E-state index contributed by atoms with van der Waals surface area (Å²) in [5.74, 6) is -0.181. The summed E-state index contributed by atoms with van der Waals surface area (Å²) < 4.78 is 2.22. The first-order valence-electron chi connectivity index (χ1n) is 9.70. The Morgan fingerprint density at radius 1 is 1.13 bits per heavy atom. The van der Waals surface area contributed by atoms with Crippen LogP contribution >= 0.6 is 24.0 Å². The van der Waals surface area contributed by atoms with Crippen LogP contribution in [0.4, 0.5) is 5.69 Å². The minimum Gasteiger partial charge on any atom is -0.369 e. The van der Waals surface area contributed by atoms with Crippen molar-refractivity contribution in [2.45, 2.75) is 0 Å². The number of carbonyl (C=O) groups is 1. The van der Waals surface area contributed by atoms with Crippen molar-refractivity contribution in [2.75, 3.05) is 38.1 Å². The molecule has 0 saturated carbocycles. The molecule has 7 nitrogen and oxygen atoms in total. The van der Waals surface area contributed by atoms with Gasteiger partial charge < -0.3 is 15.1 Å². The number of carbonyl (C=O) groups excluding carboxylic acids is 1. The summed E-state index contributed by atoms with van der Waals surface area (Å²) in [4.78, 5) is 22.0. The lowest BCUT2D eigenvalue weighted by Crippen LogP contribution is -2.44. The minimum absolute atomic E-state index is 0.181. The van der Waals surface area contributed by atoms with Crippen LogP contribution in [0, 0.1) is 0 Å². The van der Waals surface area contributed by atoms with Gasteiger partial charge in [-0.2, -0.15) is 5.10 Å². The highest BCUT2D eigenvalue weighted by Gasteiger charge is 2.22. The lowest BCUT2D eigenvalue weighted by molar-refractivity contribution is -0.115. The summed E-state index contributed by atoms with van der Waals surface area (Å²) in [6.45, 7) is 4.25. The third kappa shape index (κ3) is 3.71. The van der Waals surface area contributed by atoms with Crippen LogP contribution in [0.2, 0.25) is 0 Å². The van der Waals surface area contributed by atoms with Crippen molar-refractivity contribution in [2.24, 2.45) is 0 Å². The molecule has 2 aromatic heterocycles. The highest BCUT2D eigenvalue weighted by atomic mass is 32.2. The van der Waals surface area contributed by atoms with Gasteiger partial charge in [-0.25, -0.2) is 9.50 Å². The number of rotatable bonds is 3. The predicted molar refractivity (Wildman–Crippen MR) is 124 cm³/mol. The maximum Gasteiger partial charge on any atom is 0.263 e. The van der Waals surface area contributed by atoms with E-state index in [-0.39, 0.29) is 5.91 Å². The van der Waals surface area contributed by atoms with Crippen LogP contribution in [0.5, 0.6) is 0 Å². The van der Waals surface area contributed by atoms with E-state index < -0.39 is 0 Å². The zero-order valence-corrected chi connectivity index (χ0v) is 18.0. The molecule has 9 heteroatoms. The van der Waals surface area contributed by atoms with Crippen molar-refractivity contribution in [3.63, 3.8) is 0 Å². The van der Waals surface area contributed by atoms with Gasteiger partial charge in [-0.1, -0.05) is 36.1 Å². The largest absolute Gasteiger partial charge is 0.369 e. The number of thiocarbonyl (C=S) groups is 1. The molecule has 0 spiro atoms. The zero-order chi connectivity index (χ0) is 20.7. The summed E-state index contributed by atoms with van der Waals surface area (Å²) in [6.07, 6.45) is 5.44. The highest BCUT2D eigenvalue weighted by molar-refractivity contribution is 8.26. The standard InChI is InChI=1S/C21H20N6OS2/c1-25-8-10-26(11-9-25)16-4-2-14(3-5-16)17-13-22-27-7-6-15(23-19(17)27)12-18-20(28)24-21(29)30-18/h2-7,12-13H,8-11H2,1H3,(H,24,28,29)/b18-12-. The molecule has 0 atom stereocenters. The fourth-order valence-electron chi connectivity index (χ4n) is 3.64. The van der Waals surface area contributed by atoms with Crippen LogP contribution < -0.4 is 10.2 Å². The Hall–Kier alpha value is -2.75. The van der Waals surface area contributed by atoms with Gasteiger partial charge in [0.2, 0.25) is 0 Å². The number of likely N-dealkylation sites (N-methyl/N-ethyl adjacent to an activating group) is 1. The third-order valence-corrected chi connectivity index (χ3v) is 6.52. The SMILES string of the molecule is CN1CCN(c2ccc(-c3cnn4ccc(/C=C5\SC(=S)NC5=O)nc34)cc2)CC1. The molecule has 1 N–H and O–H groups in total. The number of amides is 1. The molecule has 5 rings (SSSR count). The van der Waals surface area contributed by atoms with Crippen molar-refractivity contribution < 1.29 is 4.79 Å². The van der Waals surface area contributed by atoms with E-state index in [1.165, 1.54) is 17.4 Å². The van der Waals surface area contributed by atoms with E-state index in [9.17, 15) is 4.79 Å². The number of piperazine rings is 1. The highest BCUT2D eigenvalue weighted by Crippen LogP contribution is 2.28. The lowest BCUT2D eigenvalue weighted by atomic mass is 10.1. The number of hydrogen-bond donors (Lipinski definition) is 1. The quantitative estimate of drug-likeness (QED) is 0.500. The van der Waals surface area contributed by atoms with Gasteiger partial charge in [0, 0.05) is 43.6 Å². The number of hydrogen-bond acceptors (Lipinski definition) is 7. The molecule has 0 aliphatic carbocycles. The summed E-state index contributed by atoms with van der Waals surface area (Å²) in [5.41, 5.74) is 4.71. The number of aromatic nitrogens is 3. The van der Waals surface area contributed by atoms with Crippen molar-refractivity contribution in [1.82, 2.24) is 24.8 Å². The first-order chi connectivity index (χ1) is 14.6. The molecule has 3 aromatic rings. The Kier molecular flexibility index (Phi) is 5.01. The van der Waals surface area contributed by atoms with Gasteiger partial charge in [0.25, 0.3) is 5.91 Å². The summed E-state index contributed by atoms with van der Waals surface area (Å²) in [7, 11) is 2.16. The Balaban J connectivity index is 1.44. The molecule has 1 aromatic carbocycles. The van der Waals surface area contributed by atoms with E-state index in [0.717, 1.165) is 43.0 Å². The second-order valence-electron chi connectivity index (χ2n) is 7.37. The predicted octanol–water partition coefficient (Wildman–Crippen LogP) is 2.64. The van der Waals surface area contributed by atoms with Crippen molar-refractivity contribution >= 4 is 51.6 Å². The van der Waals surface area contributed by atoms with Gasteiger partial charge in [-0.3, -0.25) is 4.79 Å². The van der Waals surface area contributed by atoms with Gasteiger partial charge in [0.1, 0.15) is 4.32 Å². The monoisotopic (exact) mass is 436 g/mol. The van der Waals surface area contributed by atoms with Gasteiger partial charge >= 0.3 is 0 Å². The Morgan fingerprint density at radius 3 is 2.60 bits per heavy atom. The van der Waals surface area contributed by atoms with Crippen LogP contribution in [0.1, 0.15) is 5.69 Å². The molecular weight excluding hydrogens is 416 g/mol. The molecule has 152 valence electrons. The number of anilines is 1. The molecule has 2 aliphatic rings. The van der Waals surface area contributed by atoms with Crippen molar-refractivity contribution in [3.05, 3.63) is 53.3 Å². The van der Waals surface area contributed by atoms with Crippen LogP contribution in [-0.4, -0.2) is 63.0 Å². The lowest BCUT2D eigenvalue weighted by Gasteiger charge is -2.34. The van der Waals surface area contributed by atoms with Gasteiger partial charge in [0.05, 0.1) is 16.8 Å². The first kappa shape index (κ1) is 19.2. The molecule has 2 fully saturated rings. The molecule has 2 saturated heterocycles. The fraction of sp³-hybridized carbons (Fsp3) is 0.238. The van der Waals surface area contributed by atoms with Gasteiger partial charge in [0.15, 0.2) is 5.65 Å². The van der Waals surface area contributed by atoms with E-state index in [4.69, 9.17) is 17.2 Å². The maximum absolute atomic E-state index is 11.9. The fourth-order valence-corrected chi connectivity index (χ4v) is 4.67. The number of benzene rings is 1. The van der Waals surface area contributed by atoms with Gasteiger partial charge in [-0.05, 0) is 36.9 Å². The summed E-state index contributed by atoms with van der Waals surface area (Å²) in [5, 5.41) is 7.05. The normalized spacial score (nSPS) is 19.1. The molecule has 2 aliphatic heterocycles. The molecular formula is C21H20N6OS2. The molecule has 0 unspecified atom stereocenters. The maximum atomic E-state index is 11.9. The van der Waals surface area contributed by atoms with Gasteiger partial charge in [-0.15, -0.1) is 0 Å². The number of fused-ring (bicyclic) bond motifs is 1. The topological polar surface area (TPSA) is 65.8 Å². The Labute approximate surface area is 183 Å². The summed E-state index contributed by atoms with van der Waals surface area (Å²) >= 11 is 6.30. The average molecular weight is 437 g/mol. The minimum atomic E-state index is -0.181. The van der Waals surface area contributed by atoms with Crippen LogP contribution in [0.15, 0.2) is 47.6 Å². The second kappa shape index (κ2) is 7.82. The number of thioether (sulfide) groups is 1. The molecule has 0 radical (unpaired) electrons. The Bertz CT molecular complexity index is 1160. The smallest absolute Gasteiger partial charge is 0.263 e. The zero-order valence-electron chi connectivity index (χ0n) is 16.4. The third-order valence-electron chi connectivity index (χ3n) is 5.36. The van der Waals surface area contributed by atoms with E-state index >= 15 is 0 Å². The number of nitrogens with zero attached hydrogens (tertiary/aromatic N) is 5. The van der Waals surface area contributed by atoms with Crippen molar-refractivity contribution in [3.8, 4) is 11.1 Å². The summed E-state index contributed by atoms with van der Waals surface area (Å²) in [6, 6.07) is 10.4. The van der Waals surface area contributed by atoms with E-state index in [2.05, 4.69) is 51.5 Å². The molecule has 4 heterocycles. The number of nitrogens with one attached hydrogen (secondary N) is 1. The van der Waals surface area contributed by atoms with Crippen LogP contribution in [0.25, 0.3) is 22.9 Å². The second-order valence-corrected chi connectivity index (χ2v) is 9.09. The van der Waals surface area contributed by atoms with E-state index in [0.29, 0.717) is 14.9 Å². The van der Waals surface area contributed by atoms with Crippen molar-refractivity contribution in [1.29, 1.82) is 0 Å². The van der Waals surface area contributed by atoms with Crippen LogP contribution in [-0.2, 0) is 4.79 Å². The van der Waals surface area contributed by atoms with Crippen LogP contribution in [0.3, 0.4) is 0 Å².